The fourth-order valence-electron chi connectivity index (χ4n) is 6.10. The Labute approximate surface area is 288 Å². The summed E-state index contributed by atoms with van der Waals surface area (Å²) in [5.74, 6) is 1.43. The second-order valence-corrected chi connectivity index (χ2v) is 12.4. The van der Waals surface area contributed by atoms with Crippen LogP contribution in [0.15, 0.2) is 104 Å². The highest BCUT2D eigenvalue weighted by Crippen LogP contribution is 2.23. The number of likely N-dealkylation sites (tertiary alicyclic amines) is 1. The first-order valence-electron chi connectivity index (χ1n) is 17.2. The molecule has 0 spiro atoms. The van der Waals surface area contributed by atoms with E-state index in [1.165, 1.54) is 6.07 Å². The Kier molecular flexibility index (Phi) is 12.1. The van der Waals surface area contributed by atoms with Gasteiger partial charge in [0.1, 0.15) is 0 Å². The summed E-state index contributed by atoms with van der Waals surface area (Å²) in [7, 11) is 0. The zero-order valence-corrected chi connectivity index (χ0v) is 28.1. The van der Waals surface area contributed by atoms with Crippen molar-refractivity contribution in [1.82, 2.24) is 30.2 Å². The number of hydrogen-bond acceptors (Lipinski definition) is 9. The van der Waals surface area contributed by atoms with Crippen molar-refractivity contribution in [3.05, 3.63) is 115 Å². The van der Waals surface area contributed by atoms with Crippen LogP contribution in [-0.2, 0) is 6.54 Å². The molecular weight excluding hydrogens is 615 g/mol. The van der Waals surface area contributed by atoms with Crippen molar-refractivity contribution >= 4 is 11.9 Å². The molecule has 0 saturated carbocycles. The molecule has 49 heavy (non-hydrogen) atoms. The minimum atomic E-state index is -0.304. The maximum Gasteiger partial charge on any atom is 0.222 e. The summed E-state index contributed by atoms with van der Waals surface area (Å²) in [6, 6.07) is 26.3. The van der Waals surface area contributed by atoms with Gasteiger partial charge in [-0.05, 0) is 74.5 Å². The summed E-state index contributed by atoms with van der Waals surface area (Å²) in [5.41, 5.74) is 5.41. The smallest absolute Gasteiger partial charge is 0.222 e. The fraction of sp³-hybridized carbons (Fsp3) is 0.333. The Morgan fingerprint density at radius 2 is 1.20 bits per heavy atom. The van der Waals surface area contributed by atoms with Crippen molar-refractivity contribution in [2.75, 3.05) is 43.4 Å². The minimum Gasteiger partial charge on any atom is -0.491 e. The molecule has 2 fully saturated rings. The normalized spacial score (nSPS) is 15.6. The molecule has 0 unspecified atom stereocenters. The first-order valence-corrected chi connectivity index (χ1v) is 17.2. The van der Waals surface area contributed by atoms with Crippen LogP contribution in [0.2, 0.25) is 0 Å². The number of halogens is 1. The van der Waals surface area contributed by atoms with Gasteiger partial charge < -0.3 is 20.7 Å². The fourth-order valence-corrected chi connectivity index (χ4v) is 6.10. The van der Waals surface area contributed by atoms with Crippen molar-refractivity contribution in [3.63, 3.8) is 0 Å². The van der Waals surface area contributed by atoms with Crippen LogP contribution in [0.3, 0.4) is 0 Å². The van der Waals surface area contributed by atoms with Gasteiger partial charge in [0.15, 0.2) is 11.6 Å². The van der Waals surface area contributed by atoms with Crippen molar-refractivity contribution in [2.45, 2.75) is 51.2 Å². The third-order valence-corrected chi connectivity index (χ3v) is 8.81. The Balaban J connectivity index is 0.000000188. The first-order chi connectivity index (χ1) is 24.1. The summed E-state index contributed by atoms with van der Waals surface area (Å²) in [6.45, 7) is 7.21. The number of ether oxygens (including phenoxy) is 1. The van der Waals surface area contributed by atoms with Gasteiger partial charge in [0.05, 0.1) is 6.61 Å². The average molecular weight is 661 g/mol. The maximum atomic E-state index is 13.8. The van der Waals surface area contributed by atoms with Crippen molar-refractivity contribution in [2.24, 2.45) is 0 Å². The summed E-state index contributed by atoms with van der Waals surface area (Å²) < 4.78 is 19.1. The molecule has 0 radical (unpaired) electrons. The van der Waals surface area contributed by atoms with E-state index < -0.39 is 0 Å². The number of anilines is 2. The molecule has 9 nitrogen and oxygen atoms in total. The second-order valence-electron chi connectivity index (χ2n) is 12.4. The largest absolute Gasteiger partial charge is 0.491 e. The first kappa shape index (κ1) is 34.0. The number of nitrogens with zero attached hydrogens (tertiary/aromatic N) is 5. The molecule has 5 aromatic rings. The number of nitrogens with one attached hydrogen (secondary N) is 3. The lowest BCUT2D eigenvalue weighted by Gasteiger charge is -2.32. The summed E-state index contributed by atoms with van der Waals surface area (Å²) in [4.78, 5) is 20.2. The van der Waals surface area contributed by atoms with Gasteiger partial charge in [0.2, 0.25) is 11.9 Å². The van der Waals surface area contributed by atoms with Crippen LogP contribution in [-0.4, -0.2) is 69.7 Å². The van der Waals surface area contributed by atoms with Crippen molar-refractivity contribution in [1.29, 1.82) is 0 Å². The number of benzene rings is 3. The monoisotopic (exact) mass is 660 g/mol. The SMILES string of the molecule is CCOc1cc(CN2CCC(Nc3ncc(-c4ccccc4)cn3)CC2)ccc1F.c1ccc(-c2cnc(NC3CCNCC3)nc2)cc1. The van der Waals surface area contributed by atoms with E-state index >= 15 is 0 Å². The summed E-state index contributed by atoms with van der Waals surface area (Å²) in [6.07, 6.45) is 11.8. The predicted octanol–water partition coefficient (Wildman–Crippen LogP) is 7.07. The second kappa shape index (κ2) is 17.5. The Bertz CT molecular complexity index is 1690. The van der Waals surface area contributed by atoms with Crippen LogP contribution in [0.4, 0.5) is 16.3 Å². The Morgan fingerprint density at radius 3 is 1.71 bits per heavy atom. The topological polar surface area (TPSA) is 100 Å². The minimum absolute atomic E-state index is 0.304. The van der Waals surface area contributed by atoms with E-state index in [4.69, 9.17) is 4.74 Å². The van der Waals surface area contributed by atoms with Gasteiger partial charge in [-0.1, -0.05) is 66.7 Å². The molecule has 0 amide bonds. The lowest BCUT2D eigenvalue weighted by Crippen LogP contribution is -2.38. The van der Waals surface area contributed by atoms with E-state index in [2.05, 4.69) is 65.1 Å². The zero-order valence-electron chi connectivity index (χ0n) is 28.1. The van der Waals surface area contributed by atoms with Crippen molar-refractivity contribution in [3.8, 4) is 28.0 Å². The number of hydrogen-bond donors (Lipinski definition) is 3. The molecule has 3 N–H and O–H groups in total. The summed E-state index contributed by atoms with van der Waals surface area (Å²) in [5, 5.41) is 10.2. The average Bonchev–Trinajstić information content (AvgIpc) is 3.16. The van der Waals surface area contributed by atoms with E-state index in [-0.39, 0.29) is 5.82 Å². The molecule has 254 valence electrons. The number of piperidine rings is 2. The molecule has 2 aliphatic rings. The lowest BCUT2D eigenvalue weighted by molar-refractivity contribution is 0.210. The number of rotatable bonds is 10. The standard InChI is InChI=1S/C24H27FN4O.C15H18N4/c1-2-30-23-14-18(8-9-22(23)25)17-29-12-10-21(11-13-29)28-24-26-15-20(16-27-24)19-6-4-3-5-7-19;1-2-4-12(5-3-1)13-10-17-15(18-11-13)19-14-6-8-16-9-7-14/h3-9,14-16,21H,2,10-13,17H2,1H3,(H,26,27,28);1-5,10-11,14,16H,6-9H2,(H,17,18,19). The molecule has 3 aromatic carbocycles. The van der Waals surface area contributed by atoms with Crippen molar-refractivity contribution < 1.29 is 9.13 Å². The van der Waals surface area contributed by atoms with Crippen LogP contribution < -0.4 is 20.7 Å². The van der Waals surface area contributed by atoms with Crippen LogP contribution in [0.1, 0.15) is 38.2 Å². The molecule has 7 rings (SSSR count). The van der Waals surface area contributed by atoms with Gasteiger partial charge in [-0.25, -0.2) is 24.3 Å². The van der Waals surface area contributed by atoms with Gasteiger partial charge in [-0.2, -0.15) is 0 Å². The highest BCUT2D eigenvalue weighted by Gasteiger charge is 2.20. The van der Waals surface area contributed by atoms with Gasteiger partial charge in [0.25, 0.3) is 0 Å². The van der Waals surface area contributed by atoms with Crippen LogP contribution >= 0.6 is 0 Å². The third-order valence-electron chi connectivity index (χ3n) is 8.81. The molecule has 10 heteroatoms. The van der Waals surface area contributed by atoms with E-state index in [0.29, 0.717) is 30.4 Å². The van der Waals surface area contributed by atoms with Crippen LogP contribution in [0, 0.1) is 5.82 Å². The van der Waals surface area contributed by atoms with Gasteiger partial charge >= 0.3 is 0 Å². The maximum absolute atomic E-state index is 13.8. The zero-order chi connectivity index (χ0) is 33.7. The van der Waals surface area contributed by atoms with E-state index in [9.17, 15) is 4.39 Å². The Hall–Kier alpha value is -4.93. The molecule has 0 bridgehead atoms. The van der Waals surface area contributed by atoms with Gasteiger partial charge in [-0.15, -0.1) is 0 Å². The third kappa shape index (κ3) is 10.0. The molecule has 0 atom stereocenters. The highest BCUT2D eigenvalue weighted by molar-refractivity contribution is 5.62. The molecule has 2 saturated heterocycles. The van der Waals surface area contributed by atoms with E-state index in [1.807, 2.05) is 80.2 Å². The van der Waals surface area contributed by atoms with E-state index in [1.54, 1.807) is 0 Å². The summed E-state index contributed by atoms with van der Waals surface area (Å²) >= 11 is 0. The molecule has 2 aromatic heterocycles. The Morgan fingerprint density at radius 1 is 0.694 bits per heavy atom. The highest BCUT2D eigenvalue weighted by atomic mass is 19.1. The predicted molar refractivity (Wildman–Crippen MR) is 194 cm³/mol. The van der Waals surface area contributed by atoms with E-state index in [0.717, 1.165) is 92.2 Å². The quantitative estimate of drug-likeness (QED) is 0.145. The molecule has 2 aliphatic heterocycles. The van der Waals surface area contributed by atoms with Crippen LogP contribution in [0.25, 0.3) is 22.3 Å². The molecule has 0 aliphatic carbocycles. The molecular formula is C39H45FN8O. The van der Waals surface area contributed by atoms with Gasteiger partial charge in [-0.3, -0.25) is 4.90 Å². The lowest BCUT2D eigenvalue weighted by atomic mass is 10.0. The van der Waals surface area contributed by atoms with Gasteiger partial charge in [0, 0.05) is 67.6 Å². The van der Waals surface area contributed by atoms with Crippen LogP contribution in [0.5, 0.6) is 5.75 Å². The number of aromatic nitrogens is 4. The molecule has 4 heterocycles.